The molecule has 1 rings (SSSR count). The van der Waals surface area contributed by atoms with Crippen molar-refractivity contribution >= 4 is 0 Å². The molecule has 0 bridgehead atoms. The SMILES string of the molecule is C1=C/C=C\C=CCCCCCCCCC=C\C=C/C=C\C=C/C=C\C=C/C=C1. The van der Waals surface area contributed by atoms with Crippen LogP contribution in [0.4, 0.5) is 0 Å². The minimum Gasteiger partial charge on any atom is -0.0845 e. The van der Waals surface area contributed by atoms with Gasteiger partial charge in [0.15, 0.2) is 0 Å². The first-order chi connectivity index (χ1) is 14.0. The van der Waals surface area contributed by atoms with E-state index < -0.39 is 0 Å². The van der Waals surface area contributed by atoms with Crippen molar-refractivity contribution in [1.29, 1.82) is 0 Å². The van der Waals surface area contributed by atoms with Crippen LogP contribution in [0.2, 0.25) is 0 Å². The van der Waals surface area contributed by atoms with Crippen LogP contribution in [0, 0.1) is 0 Å². The Kier molecular flexibility index (Phi) is 17.3. The van der Waals surface area contributed by atoms with Crippen molar-refractivity contribution in [3.8, 4) is 0 Å². The Labute approximate surface area is 173 Å². The Morgan fingerprint density at radius 1 is 0.214 bits per heavy atom. The summed E-state index contributed by atoms with van der Waals surface area (Å²) in [6, 6.07) is 0. The zero-order valence-corrected chi connectivity index (χ0v) is 17.2. The highest BCUT2D eigenvalue weighted by Crippen LogP contribution is 2.09. The molecule has 0 saturated carbocycles. The van der Waals surface area contributed by atoms with Crippen LogP contribution in [-0.4, -0.2) is 0 Å². The molecule has 28 heavy (non-hydrogen) atoms. The Morgan fingerprint density at radius 2 is 0.429 bits per heavy atom. The third-order valence-corrected chi connectivity index (χ3v) is 4.15. The molecule has 0 aromatic heterocycles. The van der Waals surface area contributed by atoms with E-state index >= 15 is 0 Å². The zero-order valence-electron chi connectivity index (χ0n) is 17.2. The molecular weight excluding hydrogens is 336 g/mol. The van der Waals surface area contributed by atoms with Crippen molar-refractivity contribution in [3.05, 3.63) is 122 Å². The molecule has 0 aliphatic heterocycles. The monoisotopic (exact) mass is 372 g/mol. The predicted molar refractivity (Wildman–Crippen MR) is 128 cm³/mol. The van der Waals surface area contributed by atoms with Crippen LogP contribution in [0.3, 0.4) is 0 Å². The molecule has 148 valence electrons. The fraction of sp³-hybridized carbons (Fsp3) is 0.286. The van der Waals surface area contributed by atoms with E-state index in [2.05, 4.69) is 60.8 Å². The van der Waals surface area contributed by atoms with Gasteiger partial charge in [0.25, 0.3) is 0 Å². The van der Waals surface area contributed by atoms with Gasteiger partial charge in [-0.2, -0.15) is 0 Å². The molecule has 1 aliphatic rings. The quantitative estimate of drug-likeness (QED) is 0.399. The van der Waals surface area contributed by atoms with E-state index in [4.69, 9.17) is 0 Å². The number of allylic oxidation sites excluding steroid dienone is 20. The van der Waals surface area contributed by atoms with Gasteiger partial charge in [-0.05, 0) is 25.7 Å². The molecule has 0 aromatic rings. The highest BCUT2D eigenvalue weighted by Gasteiger charge is 1.89. The van der Waals surface area contributed by atoms with Crippen molar-refractivity contribution in [2.75, 3.05) is 0 Å². The first-order valence-corrected chi connectivity index (χ1v) is 10.6. The van der Waals surface area contributed by atoms with Gasteiger partial charge in [-0.25, -0.2) is 0 Å². The highest BCUT2D eigenvalue weighted by atomic mass is 14.0. The molecule has 0 fully saturated rings. The molecule has 0 aromatic carbocycles. The molecule has 0 saturated heterocycles. The highest BCUT2D eigenvalue weighted by molar-refractivity contribution is 5.22. The lowest BCUT2D eigenvalue weighted by molar-refractivity contribution is 0.600. The maximum absolute atomic E-state index is 2.27. The van der Waals surface area contributed by atoms with E-state index in [-0.39, 0.29) is 0 Å². The number of hydrogen-bond acceptors (Lipinski definition) is 0. The lowest BCUT2D eigenvalue weighted by Gasteiger charge is -1.99. The summed E-state index contributed by atoms with van der Waals surface area (Å²) in [5, 5.41) is 0. The Hall–Kier alpha value is -2.60. The first kappa shape index (κ1) is 23.4. The summed E-state index contributed by atoms with van der Waals surface area (Å²) < 4.78 is 0. The smallest absolute Gasteiger partial charge is 0.0348 e. The molecule has 0 spiro atoms. The van der Waals surface area contributed by atoms with Crippen LogP contribution in [0.5, 0.6) is 0 Å². The van der Waals surface area contributed by atoms with E-state index in [1.807, 2.05) is 60.8 Å². The van der Waals surface area contributed by atoms with Crippen LogP contribution < -0.4 is 0 Å². The summed E-state index contributed by atoms with van der Waals surface area (Å²) in [5.41, 5.74) is 0. The minimum atomic E-state index is 1.19. The van der Waals surface area contributed by atoms with Crippen molar-refractivity contribution < 1.29 is 0 Å². The van der Waals surface area contributed by atoms with E-state index in [1.165, 1.54) is 51.4 Å². The summed E-state index contributed by atoms with van der Waals surface area (Å²) in [6.45, 7) is 0. The van der Waals surface area contributed by atoms with E-state index in [1.54, 1.807) is 0 Å². The molecule has 0 radical (unpaired) electrons. The van der Waals surface area contributed by atoms with Crippen molar-refractivity contribution in [2.24, 2.45) is 0 Å². The second-order valence-electron chi connectivity index (χ2n) is 6.63. The molecule has 1 aliphatic carbocycles. The summed E-state index contributed by atoms with van der Waals surface area (Å²) in [4.78, 5) is 0. The lowest BCUT2D eigenvalue weighted by atomic mass is 10.1. The molecule has 0 heterocycles. The van der Waals surface area contributed by atoms with Crippen molar-refractivity contribution in [2.45, 2.75) is 51.4 Å². The Morgan fingerprint density at radius 3 is 0.714 bits per heavy atom. The maximum atomic E-state index is 2.27. The number of hydrogen-bond donors (Lipinski definition) is 0. The fourth-order valence-electron chi connectivity index (χ4n) is 2.61. The van der Waals surface area contributed by atoms with Crippen LogP contribution in [0.1, 0.15) is 51.4 Å². The van der Waals surface area contributed by atoms with Gasteiger partial charge in [0, 0.05) is 0 Å². The molecule has 0 nitrogen and oxygen atoms in total. The van der Waals surface area contributed by atoms with Crippen molar-refractivity contribution in [3.63, 3.8) is 0 Å². The van der Waals surface area contributed by atoms with Gasteiger partial charge in [0.2, 0.25) is 0 Å². The maximum Gasteiger partial charge on any atom is -0.0348 e. The molecule has 0 unspecified atom stereocenters. The van der Waals surface area contributed by atoms with Gasteiger partial charge < -0.3 is 0 Å². The minimum absolute atomic E-state index is 1.19. The average Bonchev–Trinajstić information content (AvgIpc) is 2.71. The normalized spacial score (nSPS) is 25.1. The van der Waals surface area contributed by atoms with Crippen LogP contribution in [0.25, 0.3) is 0 Å². The fourth-order valence-corrected chi connectivity index (χ4v) is 2.61. The van der Waals surface area contributed by atoms with E-state index in [9.17, 15) is 0 Å². The Balaban J connectivity index is 2.45. The van der Waals surface area contributed by atoms with E-state index in [0.29, 0.717) is 0 Å². The van der Waals surface area contributed by atoms with E-state index in [0.717, 1.165) is 0 Å². The molecule has 0 amide bonds. The molecular formula is C28H36. The van der Waals surface area contributed by atoms with Crippen LogP contribution in [0.15, 0.2) is 122 Å². The van der Waals surface area contributed by atoms with Gasteiger partial charge in [-0.1, -0.05) is 147 Å². The average molecular weight is 373 g/mol. The summed E-state index contributed by atoms with van der Waals surface area (Å²) in [6.07, 6.45) is 52.0. The van der Waals surface area contributed by atoms with Gasteiger partial charge in [0.05, 0.1) is 0 Å². The Bertz CT molecular complexity index is 582. The lowest BCUT2D eigenvalue weighted by Crippen LogP contribution is -1.79. The molecule has 0 N–H and O–H groups in total. The summed E-state index contributed by atoms with van der Waals surface area (Å²) >= 11 is 0. The second-order valence-corrected chi connectivity index (χ2v) is 6.63. The summed E-state index contributed by atoms with van der Waals surface area (Å²) in [5.74, 6) is 0. The van der Waals surface area contributed by atoms with Crippen LogP contribution in [-0.2, 0) is 0 Å². The molecule has 0 heteroatoms. The summed E-state index contributed by atoms with van der Waals surface area (Å²) in [7, 11) is 0. The first-order valence-electron chi connectivity index (χ1n) is 10.6. The van der Waals surface area contributed by atoms with Crippen molar-refractivity contribution in [1.82, 2.24) is 0 Å². The van der Waals surface area contributed by atoms with Crippen LogP contribution >= 0.6 is 0 Å². The standard InChI is InChI=1S/C28H36/c1-2-4-6-8-10-12-14-16-18-20-22-24-26-28-27-25-23-21-19-17-15-13-11-9-7-5-3-1/h1-20H,21-28H2/b3-1-,4-2-,7-5-,8-6?,11-9-,12-10?,15-13-,16-14-,19-17?,20-18?. The number of rotatable bonds is 0. The third-order valence-electron chi connectivity index (χ3n) is 4.15. The van der Waals surface area contributed by atoms with Gasteiger partial charge in [0.1, 0.15) is 0 Å². The van der Waals surface area contributed by atoms with Gasteiger partial charge >= 0.3 is 0 Å². The largest absolute Gasteiger partial charge is 0.0845 e. The van der Waals surface area contributed by atoms with Gasteiger partial charge in [-0.15, -0.1) is 0 Å². The topological polar surface area (TPSA) is 0 Å². The second kappa shape index (κ2) is 20.7. The van der Waals surface area contributed by atoms with Gasteiger partial charge in [-0.3, -0.25) is 0 Å². The molecule has 0 atom stereocenters. The third kappa shape index (κ3) is 18.2. The zero-order chi connectivity index (χ0) is 19.8. The predicted octanol–water partition coefficient (Wildman–Crippen LogP) is 8.68.